The van der Waals surface area contributed by atoms with E-state index < -0.39 is 15.9 Å². The van der Waals surface area contributed by atoms with Gasteiger partial charge in [0.25, 0.3) is 15.9 Å². The molecule has 1 N–H and O–H groups in total. The summed E-state index contributed by atoms with van der Waals surface area (Å²) in [4.78, 5) is 14.6. The Morgan fingerprint density at radius 1 is 1.00 bits per heavy atom. The molecule has 2 aliphatic rings. The number of anilines is 2. The van der Waals surface area contributed by atoms with E-state index in [2.05, 4.69) is 9.71 Å². The Balaban J connectivity index is 1.74. The predicted molar refractivity (Wildman–Crippen MR) is 116 cm³/mol. The van der Waals surface area contributed by atoms with Crippen molar-refractivity contribution in [2.24, 2.45) is 4.40 Å². The normalized spacial score (nSPS) is 17.6. The molecule has 2 aliphatic heterocycles. The van der Waals surface area contributed by atoms with E-state index in [0.717, 1.165) is 19.3 Å². The van der Waals surface area contributed by atoms with Crippen LogP contribution in [-0.2, 0) is 10.0 Å². The average Bonchev–Trinajstić information content (AvgIpc) is 2.85. The van der Waals surface area contributed by atoms with Crippen molar-refractivity contribution >= 4 is 67.9 Å². The third kappa shape index (κ3) is 4.10. The minimum absolute atomic E-state index is 0.0261. The van der Waals surface area contributed by atoms with Crippen LogP contribution in [0.5, 0.6) is 0 Å². The number of carbonyl (C=O) groups excluding carboxylic acids is 1. The van der Waals surface area contributed by atoms with E-state index in [4.69, 9.17) is 34.8 Å². The lowest BCUT2D eigenvalue weighted by Crippen LogP contribution is -2.35. The van der Waals surface area contributed by atoms with Crippen LogP contribution in [0.2, 0.25) is 15.1 Å². The molecule has 2 aromatic carbocycles. The maximum atomic E-state index is 12.8. The van der Waals surface area contributed by atoms with Gasteiger partial charge in [-0.2, -0.15) is 8.42 Å². The lowest BCUT2D eigenvalue weighted by atomic mass is 10.1. The van der Waals surface area contributed by atoms with Crippen LogP contribution in [0, 0.1) is 0 Å². The number of hydrogen-bond acceptors (Lipinski definition) is 4. The fraction of sp³-hybridized carbons (Fsp3) is 0.263. The molecule has 0 aromatic heterocycles. The van der Waals surface area contributed by atoms with Crippen molar-refractivity contribution < 1.29 is 13.2 Å². The van der Waals surface area contributed by atoms with Gasteiger partial charge in [-0.25, -0.2) is 0 Å². The summed E-state index contributed by atoms with van der Waals surface area (Å²) in [6.45, 7) is 0.657. The molecule has 0 unspecified atom stereocenters. The summed E-state index contributed by atoms with van der Waals surface area (Å²) in [6.07, 6.45) is 3.40. The van der Waals surface area contributed by atoms with Gasteiger partial charge in [-0.05, 0) is 43.2 Å². The zero-order valence-electron chi connectivity index (χ0n) is 15.1. The van der Waals surface area contributed by atoms with Gasteiger partial charge in [-0.1, -0.05) is 41.2 Å². The number of amides is 1. The molecule has 2 heterocycles. The SMILES string of the molecule is O=C(Nc1cc(Cl)cc(Cl)c1)c1cc2c(cc1Cl)N1CCCCCC1=NS2(=O)=O. The van der Waals surface area contributed by atoms with Crippen LogP contribution < -0.4 is 10.2 Å². The first kappa shape index (κ1) is 20.5. The number of sulfonamides is 1. The van der Waals surface area contributed by atoms with E-state index in [1.165, 1.54) is 30.3 Å². The molecule has 6 nitrogen and oxygen atoms in total. The van der Waals surface area contributed by atoms with Crippen LogP contribution in [0.1, 0.15) is 36.0 Å². The van der Waals surface area contributed by atoms with E-state index in [9.17, 15) is 13.2 Å². The second kappa shape index (κ2) is 7.80. The van der Waals surface area contributed by atoms with Gasteiger partial charge >= 0.3 is 0 Å². The number of halogens is 3. The second-order valence-corrected chi connectivity index (χ2v) is 9.71. The monoisotopic (exact) mass is 471 g/mol. The molecule has 0 atom stereocenters. The number of fused-ring (bicyclic) bond motifs is 3. The van der Waals surface area contributed by atoms with E-state index in [1.54, 1.807) is 0 Å². The molecule has 0 bridgehead atoms. The lowest BCUT2D eigenvalue weighted by molar-refractivity contribution is 0.102. The zero-order chi connectivity index (χ0) is 20.8. The quantitative estimate of drug-likeness (QED) is 0.636. The molecular formula is C19H16Cl3N3O3S. The highest BCUT2D eigenvalue weighted by Crippen LogP contribution is 2.38. The number of nitrogens with one attached hydrogen (secondary N) is 1. The van der Waals surface area contributed by atoms with E-state index >= 15 is 0 Å². The molecule has 0 saturated carbocycles. The van der Waals surface area contributed by atoms with Crippen molar-refractivity contribution in [3.8, 4) is 0 Å². The zero-order valence-corrected chi connectivity index (χ0v) is 18.2. The summed E-state index contributed by atoms with van der Waals surface area (Å²) in [5.41, 5.74) is 0.861. The Kier molecular flexibility index (Phi) is 5.50. The maximum Gasteiger partial charge on any atom is 0.286 e. The first-order valence-corrected chi connectivity index (χ1v) is 11.5. The van der Waals surface area contributed by atoms with Crippen molar-refractivity contribution in [3.63, 3.8) is 0 Å². The summed E-state index contributed by atoms with van der Waals surface area (Å²) < 4.78 is 29.5. The largest absolute Gasteiger partial charge is 0.328 e. The molecule has 1 fully saturated rings. The summed E-state index contributed by atoms with van der Waals surface area (Å²) >= 11 is 18.3. The highest BCUT2D eigenvalue weighted by Gasteiger charge is 2.33. The molecular weight excluding hydrogens is 457 g/mol. The predicted octanol–water partition coefficient (Wildman–Crippen LogP) is 5.38. The number of benzene rings is 2. The molecule has 152 valence electrons. The fourth-order valence-corrected chi connectivity index (χ4v) is 5.53. The number of rotatable bonds is 2. The minimum Gasteiger partial charge on any atom is -0.328 e. The van der Waals surface area contributed by atoms with Crippen molar-refractivity contribution in [2.75, 3.05) is 16.8 Å². The first-order valence-electron chi connectivity index (χ1n) is 8.97. The Bertz CT molecular complexity index is 1130. The average molecular weight is 473 g/mol. The van der Waals surface area contributed by atoms with E-state index in [0.29, 0.717) is 40.2 Å². The van der Waals surface area contributed by atoms with Gasteiger partial charge in [0.05, 0.1) is 16.3 Å². The van der Waals surface area contributed by atoms with E-state index in [-0.39, 0.29) is 15.5 Å². The summed E-state index contributed by atoms with van der Waals surface area (Å²) in [5, 5.41) is 3.51. The van der Waals surface area contributed by atoms with Gasteiger partial charge in [0, 0.05) is 28.7 Å². The Labute approximate surface area is 183 Å². The van der Waals surface area contributed by atoms with Crippen LogP contribution in [0.4, 0.5) is 11.4 Å². The third-order valence-corrected chi connectivity index (χ3v) is 6.88. The Morgan fingerprint density at radius 3 is 2.45 bits per heavy atom. The number of hydrogen-bond donors (Lipinski definition) is 1. The molecule has 10 heteroatoms. The molecule has 1 amide bonds. The molecule has 0 spiro atoms. The second-order valence-electron chi connectivity index (χ2n) is 6.86. The topological polar surface area (TPSA) is 78.8 Å². The molecule has 0 aliphatic carbocycles. The first-order chi connectivity index (χ1) is 13.7. The Hall–Kier alpha value is -1.80. The van der Waals surface area contributed by atoms with Gasteiger partial charge in [-0.3, -0.25) is 4.79 Å². The van der Waals surface area contributed by atoms with Crippen molar-refractivity contribution in [1.82, 2.24) is 0 Å². The summed E-state index contributed by atoms with van der Waals surface area (Å²) in [7, 11) is -3.92. The van der Waals surface area contributed by atoms with Crippen LogP contribution in [0.3, 0.4) is 0 Å². The molecule has 0 radical (unpaired) electrons. The minimum atomic E-state index is -3.92. The van der Waals surface area contributed by atoms with Crippen LogP contribution in [0.15, 0.2) is 39.6 Å². The standard InChI is InChI=1S/C19H16Cl3N3O3S/c20-11-6-12(21)8-13(7-11)23-19(26)14-9-17-16(10-15(14)22)25-5-3-1-2-4-18(25)24-29(17,27)28/h6-10H,1-5H2,(H,23,26). The van der Waals surface area contributed by atoms with Crippen LogP contribution >= 0.6 is 34.8 Å². The van der Waals surface area contributed by atoms with Crippen molar-refractivity contribution in [2.45, 2.75) is 30.6 Å². The van der Waals surface area contributed by atoms with Gasteiger partial charge in [0.2, 0.25) is 0 Å². The third-order valence-electron chi connectivity index (χ3n) is 4.80. The summed E-state index contributed by atoms with van der Waals surface area (Å²) in [5.74, 6) is -0.0474. The molecule has 4 rings (SSSR count). The molecule has 29 heavy (non-hydrogen) atoms. The van der Waals surface area contributed by atoms with Gasteiger partial charge in [-0.15, -0.1) is 4.40 Å². The fourth-order valence-electron chi connectivity index (χ4n) is 3.50. The van der Waals surface area contributed by atoms with E-state index in [1.807, 2.05) is 4.90 Å². The van der Waals surface area contributed by atoms with Gasteiger partial charge < -0.3 is 10.2 Å². The van der Waals surface area contributed by atoms with Crippen molar-refractivity contribution in [1.29, 1.82) is 0 Å². The highest BCUT2D eigenvalue weighted by atomic mass is 35.5. The number of amidine groups is 1. The Morgan fingerprint density at radius 2 is 1.72 bits per heavy atom. The lowest BCUT2D eigenvalue weighted by Gasteiger charge is -2.30. The summed E-state index contributed by atoms with van der Waals surface area (Å²) in [6, 6.07) is 7.40. The molecule has 1 saturated heterocycles. The highest BCUT2D eigenvalue weighted by molar-refractivity contribution is 7.90. The van der Waals surface area contributed by atoms with Crippen LogP contribution in [-0.4, -0.2) is 26.7 Å². The number of carbonyl (C=O) groups is 1. The van der Waals surface area contributed by atoms with Crippen LogP contribution in [0.25, 0.3) is 0 Å². The van der Waals surface area contributed by atoms with Gasteiger partial charge in [0.1, 0.15) is 10.7 Å². The van der Waals surface area contributed by atoms with Gasteiger partial charge in [0.15, 0.2) is 0 Å². The maximum absolute atomic E-state index is 12.8. The molecule has 2 aromatic rings. The van der Waals surface area contributed by atoms with Crippen molar-refractivity contribution in [3.05, 3.63) is 51.0 Å². The smallest absolute Gasteiger partial charge is 0.286 e. The number of nitrogens with zero attached hydrogens (tertiary/aromatic N) is 2.